The van der Waals surface area contributed by atoms with Crippen LogP contribution in [-0.4, -0.2) is 71.6 Å². The molecule has 2 amide bonds. The fourth-order valence-corrected chi connectivity index (χ4v) is 2.64. The summed E-state index contributed by atoms with van der Waals surface area (Å²) in [5.74, 6) is -6.72. The number of nitrogens with zero attached hydrogens (tertiary/aromatic N) is 2. The van der Waals surface area contributed by atoms with Crippen molar-refractivity contribution in [3.63, 3.8) is 0 Å². The zero-order chi connectivity index (χ0) is 27.9. The third-order valence-corrected chi connectivity index (χ3v) is 4.69. The summed E-state index contributed by atoms with van der Waals surface area (Å²) < 4.78 is 31.5. The Balaban J connectivity index is 0.000000410. The molecule has 3 rings (SSSR count). The number of aliphatic hydroxyl groups excluding tert-OH is 2. The van der Waals surface area contributed by atoms with Crippen molar-refractivity contribution >= 4 is 41.2 Å². The molecule has 0 aliphatic heterocycles. The lowest BCUT2D eigenvalue weighted by Gasteiger charge is -2.07. The van der Waals surface area contributed by atoms with Crippen LogP contribution in [0.5, 0.6) is 0 Å². The quantitative estimate of drug-likeness (QED) is 0.195. The molecule has 198 valence electrons. The lowest BCUT2D eigenvalue weighted by molar-refractivity contribution is -0.165. The topological polar surface area (TPSA) is 228 Å². The van der Waals surface area contributed by atoms with Gasteiger partial charge in [-0.15, -0.1) is 0 Å². The predicted molar refractivity (Wildman–Crippen MR) is 118 cm³/mol. The van der Waals surface area contributed by atoms with E-state index in [-0.39, 0.29) is 28.6 Å². The predicted octanol–water partition coefficient (Wildman–Crippen LogP) is 0.697. The molecule has 2 aromatic heterocycles. The van der Waals surface area contributed by atoms with Crippen LogP contribution in [-0.2, 0) is 16.1 Å². The maximum atomic E-state index is 13.3. The maximum absolute atomic E-state index is 13.3. The second-order valence-electron chi connectivity index (χ2n) is 6.98. The zero-order valence-corrected chi connectivity index (χ0v) is 19.3. The number of aromatic nitrogens is 3. The normalized spacial score (nSPS) is 12.1. The molecule has 3 aromatic rings. The molecule has 2 atom stereocenters. The highest BCUT2D eigenvalue weighted by Gasteiger charge is 2.29. The van der Waals surface area contributed by atoms with Gasteiger partial charge in [0.25, 0.3) is 11.8 Å². The monoisotopic (exact) mass is 545 g/mol. The standard InChI is InChI=1S/C16H12ClF2N5O3.C4H6O6/c1-7-13(27-6-21-7)5-20-16(26)12-4-14(24-23-12)22-15(25)8-2-10(18)11(19)3-9(8)17;5-1(3(7)8)2(6)4(9)10/h2-4,6H,5H2,1H3,(H,20,26)(H2,22,23,24,25);1-2,5-6H,(H,7,8)(H,9,10). The van der Waals surface area contributed by atoms with Crippen molar-refractivity contribution in [2.24, 2.45) is 0 Å². The van der Waals surface area contributed by atoms with Crippen molar-refractivity contribution in [1.29, 1.82) is 0 Å². The lowest BCUT2D eigenvalue weighted by Crippen LogP contribution is -2.39. The van der Waals surface area contributed by atoms with E-state index in [0.717, 1.165) is 0 Å². The van der Waals surface area contributed by atoms with Crippen LogP contribution in [0.1, 0.15) is 32.3 Å². The van der Waals surface area contributed by atoms with Crippen LogP contribution < -0.4 is 10.6 Å². The molecule has 0 spiro atoms. The van der Waals surface area contributed by atoms with Crippen LogP contribution in [0.4, 0.5) is 14.6 Å². The number of hydrogen-bond acceptors (Lipinski definition) is 9. The molecule has 2 unspecified atom stereocenters. The Labute approximate surface area is 209 Å². The number of halogens is 3. The molecule has 0 fully saturated rings. The van der Waals surface area contributed by atoms with E-state index in [0.29, 0.717) is 23.6 Å². The fraction of sp³-hybridized carbons (Fsp3) is 0.200. The summed E-state index contributed by atoms with van der Waals surface area (Å²) in [6.07, 6.45) is -3.26. The Bertz CT molecular complexity index is 1300. The Hall–Kier alpha value is -4.41. The van der Waals surface area contributed by atoms with E-state index in [2.05, 4.69) is 25.8 Å². The molecule has 17 heteroatoms. The van der Waals surface area contributed by atoms with E-state index in [1.165, 1.54) is 12.5 Å². The molecule has 7 N–H and O–H groups in total. The van der Waals surface area contributed by atoms with Crippen LogP contribution in [0.3, 0.4) is 0 Å². The van der Waals surface area contributed by atoms with Gasteiger partial charge in [0.2, 0.25) is 0 Å². The first-order chi connectivity index (χ1) is 17.3. The van der Waals surface area contributed by atoms with Gasteiger partial charge in [-0.3, -0.25) is 14.7 Å². The second kappa shape index (κ2) is 12.5. The third-order valence-electron chi connectivity index (χ3n) is 4.38. The minimum Gasteiger partial charge on any atom is -0.479 e. The minimum absolute atomic E-state index is 0.00166. The number of aliphatic carboxylic acids is 2. The second-order valence-corrected chi connectivity index (χ2v) is 7.38. The van der Waals surface area contributed by atoms with E-state index in [9.17, 15) is 28.0 Å². The molecule has 37 heavy (non-hydrogen) atoms. The number of rotatable bonds is 8. The minimum atomic E-state index is -2.27. The number of aliphatic hydroxyl groups is 2. The molecular formula is C20H18ClF2N5O9. The molecule has 0 saturated carbocycles. The number of aryl methyl sites for hydroxylation is 1. The van der Waals surface area contributed by atoms with Crippen molar-refractivity contribution in [1.82, 2.24) is 20.5 Å². The number of carbonyl (C=O) groups is 4. The highest BCUT2D eigenvalue weighted by molar-refractivity contribution is 6.34. The average Bonchev–Trinajstić information content (AvgIpc) is 3.47. The van der Waals surface area contributed by atoms with E-state index >= 15 is 0 Å². The van der Waals surface area contributed by atoms with Crippen molar-refractivity contribution in [2.45, 2.75) is 25.7 Å². The van der Waals surface area contributed by atoms with Crippen molar-refractivity contribution < 1.29 is 52.8 Å². The molecule has 14 nitrogen and oxygen atoms in total. The number of aromatic amines is 1. The van der Waals surface area contributed by atoms with E-state index in [4.69, 9.17) is 36.4 Å². The molecule has 1 aromatic carbocycles. The highest BCUT2D eigenvalue weighted by Crippen LogP contribution is 2.21. The van der Waals surface area contributed by atoms with Gasteiger partial charge < -0.3 is 35.5 Å². The largest absolute Gasteiger partial charge is 0.479 e. The van der Waals surface area contributed by atoms with Crippen LogP contribution in [0, 0.1) is 18.6 Å². The summed E-state index contributed by atoms with van der Waals surface area (Å²) in [6, 6.07) is 2.64. The number of nitrogens with one attached hydrogen (secondary N) is 3. The molecule has 0 aliphatic carbocycles. The number of carboxylic acid groups (broad SMARTS) is 2. The number of hydrogen-bond donors (Lipinski definition) is 7. The summed E-state index contributed by atoms with van der Waals surface area (Å²) in [6.45, 7) is 1.86. The van der Waals surface area contributed by atoms with Gasteiger partial charge in [0.15, 0.2) is 36.1 Å². The van der Waals surface area contributed by atoms with Crippen molar-refractivity contribution in [3.05, 3.63) is 64.0 Å². The number of oxazole rings is 1. The first-order valence-corrected chi connectivity index (χ1v) is 10.2. The summed E-state index contributed by atoms with van der Waals surface area (Å²) >= 11 is 5.75. The van der Waals surface area contributed by atoms with E-state index < -0.39 is 47.6 Å². The average molecular weight is 546 g/mol. The van der Waals surface area contributed by atoms with Crippen molar-refractivity contribution in [2.75, 3.05) is 5.32 Å². The number of benzene rings is 1. The van der Waals surface area contributed by atoms with Crippen molar-refractivity contribution in [3.8, 4) is 0 Å². The smallest absolute Gasteiger partial charge is 0.335 e. The first kappa shape index (κ1) is 28.8. The van der Waals surface area contributed by atoms with Crippen LogP contribution >= 0.6 is 11.6 Å². The van der Waals surface area contributed by atoms with Crippen LogP contribution in [0.25, 0.3) is 0 Å². The number of amides is 2. The number of carboxylic acids is 2. The fourth-order valence-electron chi connectivity index (χ4n) is 2.40. The maximum Gasteiger partial charge on any atom is 0.335 e. The third kappa shape index (κ3) is 7.79. The molecule has 0 aliphatic rings. The first-order valence-electron chi connectivity index (χ1n) is 9.82. The van der Waals surface area contributed by atoms with E-state index in [1.54, 1.807) is 6.92 Å². The molecule has 0 saturated heterocycles. The highest BCUT2D eigenvalue weighted by atomic mass is 35.5. The molecule has 2 heterocycles. The van der Waals surface area contributed by atoms with Crippen LogP contribution in [0.15, 0.2) is 29.0 Å². The van der Waals surface area contributed by atoms with Gasteiger partial charge >= 0.3 is 11.9 Å². The summed E-state index contributed by atoms with van der Waals surface area (Å²) in [5, 5.41) is 43.4. The van der Waals surface area contributed by atoms with Gasteiger partial charge in [0.05, 0.1) is 22.8 Å². The summed E-state index contributed by atoms with van der Waals surface area (Å²) in [7, 11) is 0. The van der Waals surface area contributed by atoms with Gasteiger partial charge in [-0.1, -0.05) is 11.6 Å². The molecule has 0 bridgehead atoms. The van der Waals surface area contributed by atoms with Gasteiger partial charge in [-0.2, -0.15) is 5.10 Å². The Morgan fingerprint density at radius 2 is 1.65 bits per heavy atom. The van der Waals surface area contributed by atoms with Gasteiger partial charge in [-0.05, 0) is 19.1 Å². The number of anilines is 1. The molecular weight excluding hydrogens is 528 g/mol. The Kier molecular flexibility index (Phi) is 9.75. The Morgan fingerprint density at radius 1 is 1.05 bits per heavy atom. The number of H-pyrrole nitrogens is 1. The summed E-state index contributed by atoms with van der Waals surface area (Å²) in [5.41, 5.74) is 0.445. The lowest BCUT2D eigenvalue weighted by atomic mass is 10.2. The van der Waals surface area contributed by atoms with Gasteiger partial charge in [0, 0.05) is 6.07 Å². The number of carbonyl (C=O) groups excluding carboxylic acids is 2. The van der Waals surface area contributed by atoms with Gasteiger partial charge in [-0.25, -0.2) is 23.4 Å². The van der Waals surface area contributed by atoms with Crippen LogP contribution in [0.2, 0.25) is 5.02 Å². The summed E-state index contributed by atoms with van der Waals surface area (Å²) in [4.78, 5) is 47.7. The Morgan fingerprint density at radius 3 is 2.19 bits per heavy atom. The SMILES string of the molecule is Cc1ncoc1CNC(=O)c1cc(NC(=O)c2cc(F)c(F)cc2Cl)n[nH]1.O=C(O)C(O)C(O)C(=O)O. The molecule has 0 radical (unpaired) electrons. The van der Waals surface area contributed by atoms with E-state index in [1.807, 2.05) is 0 Å². The zero-order valence-electron chi connectivity index (χ0n) is 18.5. The van der Waals surface area contributed by atoms with Gasteiger partial charge in [0.1, 0.15) is 11.5 Å².